The average molecular weight is 283 g/mol. The van der Waals surface area contributed by atoms with Crippen molar-refractivity contribution < 1.29 is 19.1 Å². The van der Waals surface area contributed by atoms with Gasteiger partial charge in [0.2, 0.25) is 6.04 Å². The Hall–Kier alpha value is -1.10. The van der Waals surface area contributed by atoms with Crippen LogP contribution in [0.25, 0.3) is 0 Å². The van der Waals surface area contributed by atoms with Crippen LogP contribution in [0.3, 0.4) is 0 Å². The molecule has 0 aromatic rings. The summed E-state index contributed by atoms with van der Waals surface area (Å²) < 4.78 is 10.5. The molecule has 2 aliphatic carbocycles. The maximum atomic E-state index is 12.3. The zero-order chi connectivity index (χ0) is 14.9. The maximum Gasteiger partial charge on any atom is 0.335 e. The lowest BCUT2D eigenvalue weighted by atomic mass is 10.2. The van der Waals surface area contributed by atoms with Crippen molar-refractivity contribution in [3.63, 3.8) is 0 Å². The van der Waals surface area contributed by atoms with Gasteiger partial charge in [-0.3, -0.25) is 4.90 Å². The normalized spacial score (nSPS) is 19.0. The fourth-order valence-electron chi connectivity index (χ4n) is 2.40. The van der Waals surface area contributed by atoms with Crippen molar-refractivity contribution in [2.75, 3.05) is 0 Å². The molecule has 0 amide bonds. The van der Waals surface area contributed by atoms with Crippen molar-refractivity contribution in [2.45, 2.75) is 83.7 Å². The van der Waals surface area contributed by atoms with Crippen molar-refractivity contribution in [1.82, 2.24) is 4.90 Å². The van der Waals surface area contributed by atoms with E-state index in [4.69, 9.17) is 9.47 Å². The largest absolute Gasteiger partial charge is 0.461 e. The summed E-state index contributed by atoms with van der Waals surface area (Å²) in [6, 6.07) is -0.210. The molecular formula is C15H25NO4. The highest BCUT2D eigenvalue weighted by Gasteiger charge is 2.49. The predicted octanol–water partition coefficient (Wildman–Crippen LogP) is 1.88. The summed E-state index contributed by atoms with van der Waals surface area (Å²) >= 11 is 0. The highest BCUT2D eigenvalue weighted by Crippen LogP contribution is 2.39. The van der Waals surface area contributed by atoms with E-state index in [9.17, 15) is 9.59 Å². The van der Waals surface area contributed by atoms with Crippen LogP contribution in [0, 0.1) is 0 Å². The van der Waals surface area contributed by atoms with E-state index in [1.54, 1.807) is 27.7 Å². The molecule has 0 spiro atoms. The first-order valence-electron chi connectivity index (χ1n) is 7.58. The van der Waals surface area contributed by atoms with Gasteiger partial charge in [0, 0.05) is 12.1 Å². The Morgan fingerprint density at radius 3 is 1.45 bits per heavy atom. The molecule has 2 aliphatic rings. The van der Waals surface area contributed by atoms with E-state index in [-0.39, 0.29) is 12.2 Å². The molecule has 0 atom stereocenters. The lowest BCUT2D eigenvalue weighted by Crippen LogP contribution is -2.51. The summed E-state index contributed by atoms with van der Waals surface area (Å²) in [4.78, 5) is 26.7. The lowest BCUT2D eigenvalue weighted by Gasteiger charge is -2.29. The molecule has 0 aliphatic heterocycles. The van der Waals surface area contributed by atoms with Crippen LogP contribution in [-0.2, 0) is 19.1 Å². The molecule has 0 N–H and O–H groups in total. The summed E-state index contributed by atoms with van der Waals surface area (Å²) in [6.45, 7) is 7.17. The zero-order valence-electron chi connectivity index (χ0n) is 12.8. The third kappa shape index (κ3) is 3.95. The Labute approximate surface area is 120 Å². The molecule has 2 saturated carbocycles. The maximum absolute atomic E-state index is 12.3. The van der Waals surface area contributed by atoms with Gasteiger partial charge in [-0.15, -0.1) is 0 Å². The number of hydrogen-bond acceptors (Lipinski definition) is 5. The van der Waals surface area contributed by atoms with Gasteiger partial charge in [0.15, 0.2) is 0 Å². The molecule has 5 nitrogen and oxygen atoms in total. The number of hydrogen-bond donors (Lipinski definition) is 0. The Bertz CT molecular complexity index is 338. The van der Waals surface area contributed by atoms with Gasteiger partial charge in [0.1, 0.15) is 0 Å². The topological polar surface area (TPSA) is 55.8 Å². The molecule has 0 aromatic heterocycles. The average Bonchev–Trinajstić information content (AvgIpc) is 3.16. The molecule has 0 radical (unpaired) electrons. The number of carbonyl (C=O) groups is 2. The number of ether oxygens (including phenoxy) is 2. The first kappa shape index (κ1) is 15.3. The molecule has 0 bridgehead atoms. The number of carbonyl (C=O) groups excluding carboxylic acids is 2. The molecule has 0 aromatic carbocycles. The van der Waals surface area contributed by atoms with Gasteiger partial charge >= 0.3 is 11.9 Å². The summed E-state index contributed by atoms with van der Waals surface area (Å²) in [5.74, 6) is -0.936. The summed E-state index contributed by atoms with van der Waals surface area (Å²) in [6.07, 6.45) is 3.76. The molecule has 114 valence electrons. The SMILES string of the molecule is CC(C)OC(=O)C(C(=O)OC(C)C)N(C1CC1)C1CC1. The fraction of sp³-hybridized carbons (Fsp3) is 0.867. The van der Waals surface area contributed by atoms with Crippen LogP contribution in [0.2, 0.25) is 0 Å². The Morgan fingerprint density at radius 2 is 1.20 bits per heavy atom. The van der Waals surface area contributed by atoms with E-state index in [1.165, 1.54) is 0 Å². The lowest BCUT2D eigenvalue weighted by molar-refractivity contribution is -0.169. The number of rotatable bonds is 7. The van der Waals surface area contributed by atoms with Crippen molar-refractivity contribution in [3.05, 3.63) is 0 Å². The number of nitrogens with zero attached hydrogens (tertiary/aromatic N) is 1. The summed E-state index contributed by atoms with van der Waals surface area (Å²) in [7, 11) is 0. The van der Waals surface area contributed by atoms with Crippen LogP contribution in [0.15, 0.2) is 0 Å². The first-order valence-corrected chi connectivity index (χ1v) is 7.58. The fourth-order valence-corrected chi connectivity index (χ4v) is 2.40. The minimum atomic E-state index is -0.889. The van der Waals surface area contributed by atoms with Crippen LogP contribution >= 0.6 is 0 Å². The van der Waals surface area contributed by atoms with Crippen molar-refractivity contribution in [2.24, 2.45) is 0 Å². The zero-order valence-corrected chi connectivity index (χ0v) is 12.8. The first-order chi connectivity index (χ1) is 9.40. The quantitative estimate of drug-likeness (QED) is 0.527. The van der Waals surface area contributed by atoms with E-state index in [0.29, 0.717) is 12.1 Å². The van der Waals surface area contributed by atoms with E-state index >= 15 is 0 Å². The van der Waals surface area contributed by atoms with E-state index < -0.39 is 18.0 Å². The minimum absolute atomic E-state index is 0.225. The third-order valence-electron chi connectivity index (χ3n) is 3.39. The van der Waals surface area contributed by atoms with Gasteiger partial charge in [-0.2, -0.15) is 0 Å². The molecule has 20 heavy (non-hydrogen) atoms. The smallest absolute Gasteiger partial charge is 0.335 e. The Morgan fingerprint density at radius 1 is 0.850 bits per heavy atom. The minimum Gasteiger partial charge on any atom is -0.461 e. The molecule has 2 rings (SSSR count). The van der Waals surface area contributed by atoms with Gasteiger partial charge in [-0.05, 0) is 53.4 Å². The molecule has 5 heteroatoms. The van der Waals surface area contributed by atoms with E-state index in [2.05, 4.69) is 0 Å². The van der Waals surface area contributed by atoms with Crippen LogP contribution in [0.4, 0.5) is 0 Å². The van der Waals surface area contributed by atoms with E-state index in [0.717, 1.165) is 25.7 Å². The van der Waals surface area contributed by atoms with Gasteiger partial charge in [-0.25, -0.2) is 9.59 Å². The molecule has 2 fully saturated rings. The second-order valence-corrected chi connectivity index (χ2v) is 6.28. The van der Waals surface area contributed by atoms with Crippen LogP contribution in [-0.4, -0.2) is 47.2 Å². The van der Waals surface area contributed by atoms with Gasteiger partial charge in [-0.1, -0.05) is 0 Å². The van der Waals surface area contributed by atoms with Crippen LogP contribution in [0.5, 0.6) is 0 Å². The molecule has 0 saturated heterocycles. The highest BCUT2D eigenvalue weighted by atomic mass is 16.6. The van der Waals surface area contributed by atoms with Gasteiger partial charge < -0.3 is 9.47 Å². The number of esters is 2. The van der Waals surface area contributed by atoms with Gasteiger partial charge in [0.05, 0.1) is 12.2 Å². The molecule has 0 unspecified atom stereocenters. The standard InChI is InChI=1S/C15H25NO4/c1-9(2)19-14(17)13(15(18)20-10(3)4)16(11-5-6-11)12-7-8-12/h9-13H,5-8H2,1-4H3. The van der Waals surface area contributed by atoms with Crippen molar-refractivity contribution >= 4 is 11.9 Å². The highest BCUT2D eigenvalue weighted by molar-refractivity contribution is 5.99. The van der Waals surface area contributed by atoms with Crippen molar-refractivity contribution in [1.29, 1.82) is 0 Å². The predicted molar refractivity (Wildman–Crippen MR) is 74.1 cm³/mol. The monoisotopic (exact) mass is 283 g/mol. The summed E-state index contributed by atoms with van der Waals surface area (Å²) in [5, 5.41) is 0. The second kappa shape index (κ2) is 6.12. The van der Waals surface area contributed by atoms with Crippen molar-refractivity contribution in [3.8, 4) is 0 Å². The van der Waals surface area contributed by atoms with Crippen LogP contribution < -0.4 is 0 Å². The van der Waals surface area contributed by atoms with Gasteiger partial charge in [0.25, 0.3) is 0 Å². The third-order valence-corrected chi connectivity index (χ3v) is 3.39. The Balaban J connectivity index is 2.13. The summed E-state index contributed by atoms with van der Waals surface area (Å²) in [5.41, 5.74) is 0. The second-order valence-electron chi connectivity index (χ2n) is 6.28. The Kier molecular flexibility index (Phi) is 4.68. The molecular weight excluding hydrogens is 258 g/mol. The van der Waals surface area contributed by atoms with E-state index in [1.807, 2.05) is 4.90 Å². The molecule has 0 heterocycles. The van der Waals surface area contributed by atoms with Crippen LogP contribution in [0.1, 0.15) is 53.4 Å².